The van der Waals surface area contributed by atoms with E-state index in [9.17, 15) is 18.0 Å². The summed E-state index contributed by atoms with van der Waals surface area (Å²) in [4.78, 5) is 24.8. The van der Waals surface area contributed by atoms with E-state index < -0.39 is 39.8 Å². The van der Waals surface area contributed by atoms with Gasteiger partial charge in [-0.05, 0) is 13.3 Å². The molecule has 2 amide bonds. The van der Waals surface area contributed by atoms with Crippen molar-refractivity contribution in [3.05, 3.63) is 0 Å². The Bertz CT molecular complexity index is 520. The number of hydrogen-bond donors (Lipinski definition) is 2. The van der Waals surface area contributed by atoms with Gasteiger partial charge >= 0.3 is 12.0 Å². The Kier molecular flexibility index (Phi) is 4.72. The molecule has 2 fully saturated rings. The standard InChI is InChI=1S/C12H20N2O6S/c1-2-14(10-6-20-5-9(10)11(15)16)12(17)13-8-3-4-21(18,19)7-8/h8-10H,2-7H2,1H3,(H,13,17)(H,15,16). The number of carbonyl (C=O) groups is 2. The van der Waals surface area contributed by atoms with Gasteiger partial charge in [-0.3, -0.25) is 4.79 Å². The first kappa shape index (κ1) is 16.0. The molecule has 2 aliphatic heterocycles. The topological polar surface area (TPSA) is 113 Å². The minimum Gasteiger partial charge on any atom is -0.481 e. The highest BCUT2D eigenvalue weighted by Gasteiger charge is 2.40. The predicted octanol–water partition coefficient (Wildman–Crippen LogP) is -0.695. The molecule has 0 spiro atoms. The third kappa shape index (κ3) is 3.65. The first-order valence-corrected chi connectivity index (χ1v) is 8.74. The molecule has 120 valence electrons. The fourth-order valence-electron chi connectivity index (χ4n) is 2.78. The molecule has 21 heavy (non-hydrogen) atoms. The number of sulfone groups is 1. The fourth-order valence-corrected chi connectivity index (χ4v) is 4.45. The zero-order chi connectivity index (χ0) is 15.6. The number of rotatable bonds is 4. The molecule has 2 aliphatic rings. The lowest BCUT2D eigenvalue weighted by atomic mass is 10.0. The Morgan fingerprint density at radius 1 is 1.38 bits per heavy atom. The monoisotopic (exact) mass is 320 g/mol. The summed E-state index contributed by atoms with van der Waals surface area (Å²) in [6, 6.07) is -1.35. The maximum atomic E-state index is 12.3. The number of likely N-dealkylation sites (N-methyl/N-ethyl adjacent to an activating group) is 1. The molecule has 0 aromatic heterocycles. The van der Waals surface area contributed by atoms with Crippen LogP contribution in [0.5, 0.6) is 0 Å². The molecule has 0 aromatic rings. The maximum Gasteiger partial charge on any atom is 0.317 e. The van der Waals surface area contributed by atoms with Gasteiger partial charge in [-0.1, -0.05) is 0 Å². The van der Waals surface area contributed by atoms with Crippen LogP contribution in [-0.2, 0) is 19.4 Å². The van der Waals surface area contributed by atoms with Crippen LogP contribution in [-0.4, -0.2) is 73.8 Å². The van der Waals surface area contributed by atoms with E-state index >= 15 is 0 Å². The van der Waals surface area contributed by atoms with Gasteiger partial charge in [-0.2, -0.15) is 0 Å². The lowest BCUT2D eigenvalue weighted by Crippen LogP contribution is -2.52. The van der Waals surface area contributed by atoms with E-state index in [1.54, 1.807) is 6.92 Å². The van der Waals surface area contributed by atoms with E-state index in [1.807, 2.05) is 0 Å². The quantitative estimate of drug-likeness (QED) is 0.708. The molecule has 0 aliphatic carbocycles. The number of carbonyl (C=O) groups excluding carboxylic acids is 1. The molecule has 0 saturated carbocycles. The molecule has 8 nitrogen and oxygen atoms in total. The zero-order valence-corrected chi connectivity index (χ0v) is 12.6. The second kappa shape index (κ2) is 6.18. The Hall–Kier alpha value is -1.35. The van der Waals surface area contributed by atoms with Gasteiger partial charge in [-0.15, -0.1) is 0 Å². The van der Waals surface area contributed by atoms with E-state index in [4.69, 9.17) is 9.84 Å². The number of aliphatic carboxylic acids is 1. The summed E-state index contributed by atoms with van der Waals surface area (Å²) < 4.78 is 28.0. The Labute approximate surface area is 123 Å². The number of nitrogens with zero attached hydrogens (tertiary/aromatic N) is 1. The van der Waals surface area contributed by atoms with E-state index in [1.165, 1.54) is 4.90 Å². The lowest BCUT2D eigenvalue weighted by Gasteiger charge is -2.30. The van der Waals surface area contributed by atoms with Crippen molar-refractivity contribution in [1.29, 1.82) is 0 Å². The summed E-state index contributed by atoms with van der Waals surface area (Å²) in [5.74, 6) is -1.72. The smallest absolute Gasteiger partial charge is 0.317 e. The van der Waals surface area contributed by atoms with E-state index in [0.29, 0.717) is 13.0 Å². The molecule has 2 rings (SSSR count). The van der Waals surface area contributed by atoms with Crippen LogP contribution < -0.4 is 5.32 Å². The van der Waals surface area contributed by atoms with Gasteiger partial charge in [0.25, 0.3) is 0 Å². The van der Waals surface area contributed by atoms with E-state index in [2.05, 4.69) is 5.32 Å². The first-order valence-electron chi connectivity index (χ1n) is 6.92. The van der Waals surface area contributed by atoms with Crippen LogP contribution in [0.2, 0.25) is 0 Å². The number of urea groups is 1. The second-order valence-electron chi connectivity index (χ2n) is 5.39. The minimum absolute atomic E-state index is 0.0557. The predicted molar refractivity (Wildman–Crippen MR) is 73.7 cm³/mol. The third-order valence-electron chi connectivity index (χ3n) is 3.93. The number of carboxylic acid groups (broad SMARTS) is 1. The summed E-state index contributed by atoms with van der Waals surface area (Å²) in [7, 11) is -3.07. The van der Waals surface area contributed by atoms with Crippen LogP contribution in [0.4, 0.5) is 4.79 Å². The highest BCUT2D eigenvalue weighted by atomic mass is 32.2. The maximum absolute atomic E-state index is 12.3. The normalized spacial score (nSPS) is 31.0. The summed E-state index contributed by atoms with van der Waals surface area (Å²) in [5.41, 5.74) is 0. The molecule has 0 radical (unpaired) electrons. The summed E-state index contributed by atoms with van der Waals surface area (Å²) >= 11 is 0. The van der Waals surface area contributed by atoms with Crippen molar-refractivity contribution in [1.82, 2.24) is 10.2 Å². The summed E-state index contributed by atoms with van der Waals surface area (Å²) in [6.45, 7) is 2.36. The van der Waals surface area contributed by atoms with Crippen molar-refractivity contribution < 1.29 is 27.9 Å². The Morgan fingerprint density at radius 3 is 2.62 bits per heavy atom. The van der Waals surface area contributed by atoms with Gasteiger partial charge in [0.05, 0.1) is 30.8 Å². The number of nitrogens with one attached hydrogen (secondary N) is 1. The number of carboxylic acids is 1. The Morgan fingerprint density at radius 2 is 2.10 bits per heavy atom. The number of amides is 2. The average Bonchev–Trinajstić information content (AvgIpc) is 2.97. The van der Waals surface area contributed by atoms with Crippen molar-refractivity contribution in [2.45, 2.75) is 25.4 Å². The van der Waals surface area contributed by atoms with Crippen molar-refractivity contribution in [2.24, 2.45) is 5.92 Å². The van der Waals surface area contributed by atoms with Crippen molar-refractivity contribution in [2.75, 3.05) is 31.3 Å². The van der Waals surface area contributed by atoms with Crippen LogP contribution in [0.25, 0.3) is 0 Å². The van der Waals surface area contributed by atoms with Crippen LogP contribution in [0.1, 0.15) is 13.3 Å². The lowest BCUT2D eigenvalue weighted by molar-refractivity contribution is -0.142. The molecule has 0 aromatic carbocycles. The molecule has 2 N–H and O–H groups in total. The van der Waals surface area contributed by atoms with Crippen LogP contribution in [0.3, 0.4) is 0 Å². The van der Waals surface area contributed by atoms with Gasteiger partial charge in [0.2, 0.25) is 0 Å². The van der Waals surface area contributed by atoms with Gasteiger partial charge < -0.3 is 20.1 Å². The zero-order valence-electron chi connectivity index (χ0n) is 11.8. The van der Waals surface area contributed by atoms with E-state index in [0.717, 1.165) is 0 Å². The minimum atomic E-state index is -3.07. The SMILES string of the molecule is CCN(C(=O)NC1CCS(=O)(=O)C1)C1COCC1C(=O)O. The van der Waals surface area contributed by atoms with Crippen molar-refractivity contribution in [3.63, 3.8) is 0 Å². The van der Waals surface area contributed by atoms with Crippen LogP contribution in [0, 0.1) is 5.92 Å². The van der Waals surface area contributed by atoms with E-state index in [-0.39, 0.29) is 24.7 Å². The molecule has 3 unspecified atom stereocenters. The Balaban J connectivity index is 2.00. The molecular weight excluding hydrogens is 300 g/mol. The van der Waals surface area contributed by atoms with Crippen molar-refractivity contribution >= 4 is 21.8 Å². The van der Waals surface area contributed by atoms with Crippen LogP contribution in [0.15, 0.2) is 0 Å². The number of ether oxygens (including phenoxy) is 1. The van der Waals surface area contributed by atoms with Gasteiger partial charge in [0.1, 0.15) is 5.92 Å². The molecule has 9 heteroatoms. The molecule has 3 atom stereocenters. The largest absolute Gasteiger partial charge is 0.481 e. The molecule has 2 saturated heterocycles. The van der Waals surface area contributed by atoms with Crippen LogP contribution >= 0.6 is 0 Å². The molecular formula is C12H20N2O6S. The highest BCUT2D eigenvalue weighted by molar-refractivity contribution is 7.91. The average molecular weight is 320 g/mol. The first-order chi connectivity index (χ1) is 9.84. The summed E-state index contributed by atoms with van der Waals surface area (Å²) in [6.07, 6.45) is 0.398. The third-order valence-corrected chi connectivity index (χ3v) is 5.70. The van der Waals surface area contributed by atoms with Crippen molar-refractivity contribution in [3.8, 4) is 0 Å². The summed E-state index contributed by atoms with van der Waals surface area (Å²) in [5, 5.41) is 11.8. The number of hydrogen-bond acceptors (Lipinski definition) is 5. The molecule has 0 bridgehead atoms. The fraction of sp³-hybridized carbons (Fsp3) is 0.833. The van der Waals surface area contributed by atoms with Gasteiger partial charge in [-0.25, -0.2) is 13.2 Å². The molecule has 2 heterocycles. The second-order valence-corrected chi connectivity index (χ2v) is 7.61. The van der Waals surface area contributed by atoms with Gasteiger partial charge in [0.15, 0.2) is 9.84 Å². The van der Waals surface area contributed by atoms with Gasteiger partial charge in [0, 0.05) is 12.6 Å². The highest BCUT2D eigenvalue weighted by Crippen LogP contribution is 2.21.